The molecule has 11 heteroatoms. The highest BCUT2D eigenvalue weighted by Crippen LogP contribution is 2.30. The normalized spacial score (nSPS) is 11.4. The highest BCUT2D eigenvalue weighted by atomic mass is 32.1. The van der Waals surface area contributed by atoms with Crippen molar-refractivity contribution in [2.75, 3.05) is 25.1 Å². The number of carboxylic acids is 2. The van der Waals surface area contributed by atoms with Crippen LogP contribution in [0.3, 0.4) is 0 Å². The average molecular weight is 929 g/mol. The van der Waals surface area contributed by atoms with Crippen molar-refractivity contribution in [3.8, 4) is 27.8 Å². The molecule has 1 atom stereocenters. The maximum Gasteiger partial charge on any atom is 0.335 e. The predicted molar refractivity (Wildman–Crippen MR) is 270 cm³/mol. The Bertz CT molecular complexity index is 2750. The van der Waals surface area contributed by atoms with Crippen molar-refractivity contribution >= 4 is 40.3 Å². The predicted octanol–water partition coefficient (Wildman–Crippen LogP) is 12.6. The van der Waals surface area contributed by atoms with Gasteiger partial charge in [0.1, 0.15) is 28.3 Å². The Morgan fingerprint density at radius 2 is 1.12 bits per heavy atom. The van der Waals surface area contributed by atoms with Crippen molar-refractivity contribution in [2.24, 2.45) is 0 Å². The standard InChI is InChI=1S/C57H56N2O8S/c1-39(42-20-22-46(23-21-42)56(61)62)43-24-30-48(31-25-43)65-35-12-5-3-4-6-13-36-66-49-32-26-45(27-33-49)55-59-51(40(2)68-55)34-37-67-47-28-18-41(19-29-47)38-53(57(63)64)58-52-17-11-10-16-50(52)54(60)44-14-8-7-9-15-44/h7-11,14-33,53,58H,1,3-6,12-13,34-38H2,2H3,(H,61,62)(H,63,64)/t53-/m0/s1. The number of aromatic nitrogens is 1. The summed E-state index contributed by atoms with van der Waals surface area (Å²) in [7, 11) is 0. The number of nitrogens with zero attached hydrogens (tertiary/aromatic N) is 1. The SMILES string of the molecule is C=C(c1ccc(OCCCCCCCCOc2ccc(-c3nc(CCOc4ccc(C[C@H](Nc5ccccc5C(=O)c5ccccc5)C(=O)O)cc4)c(C)s3)cc2)cc1)c1ccc(C(=O)O)cc1. The summed E-state index contributed by atoms with van der Waals surface area (Å²) < 4.78 is 18.1. The van der Waals surface area contributed by atoms with Crippen LogP contribution in [0.4, 0.5) is 5.69 Å². The Morgan fingerprint density at radius 1 is 0.603 bits per heavy atom. The van der Waals surface area contributed by atoms with E-state index < -0.39 is 18.0 Å². The summed E-state index contributed by atoms with van der Waals surface area (Å²) in [4.78, 5) is 42.7. The van der Waals surface area contributed by atoms with Gasteiger partial charge in [-0.25, -0.2) is 14.6 Å². The van der Waals surface area contributed by atoms with Crippen LogP contribution in [-0.4, -0.2) is 58.8 Å². The van der Waals surface area contributed by atoms with Gasteiger partial charge in [-0.15, -0.1) is 11.3 Å². The number of benzene rings is 6. The second-order valence-corrected chi connectivity index (χ2v) is 17.7. The van der Waals surface area contributed by atoms with E-state index >= 15 is 0 Å². The fraction of sp³-hybridized carbons (Fsp3) is 0.228. The van der Waals surface area contributed by atoms with Gasteiger partial charge in [-0.1, -0.05) is 111 Å². The molecule has 0 aliphatic rings. The van der Waals surface area contributed by atoms with E-state index in [1.54, 1.807) is 84.1 Å². The lowest BCUT2D eigenvalue weighted by molar-refractivity contribution is -0.137. The molecule has 0 saturated heterocycles. The molecule has 348 valence electrons. The van der Waals surface area contributed by atoms with Gasteiger partial charge in [-0.2, -0.15) is 0 Å². The molecule has 7 aromatic rings. The third kappa shape index (κ3) is 13.8. The number of aromatic carboxylic acids is 1. The van der Waals surface area contributed by atoms with E-state index in [1.165, 1.54) is 0 Å². The number of thiazole rings is 1. The minimum atomic E-state index is -1.01. The number of carboxylic acid groups (broad SMARTS) is 2. The Morgan fingerprint density at radius 3 is 1.72 bits per heavy atom. The molecule has 0 bridgehead atoms. The molecule has 1 heterocycles. The van der Waals surface area contributed by atoms with Crippen molar-refractivity contribution in [2.45, 2.75) is 64.3 Å². The maximum atomic E-state index is 13.2. The first-order valence-corrected chi connectivity index (χ1v) is 23.8. The molecule has 0 aliphatic carbocycles. The highest BCUT2D eigenvalue weighted by Gasteiger charge is 2.22. The van der Waals surface area contributed by atoms with E-state index in [0.29, 0.717) is 48.8 Å². The van der Waals surface area contributed by atoms with E-state index in [2.05, 4.69) is 31.0 Å². The maximum absolute atomic E-state index is 13.2. The van der Waals surface area contributed by atoms with Gasteiger partial charge in [0.05, 0.1) is 31.1 Å². The van der Waals surface area contributed by atoms with Gasteiger partial charge in [-0.3, -0.25) is 4.79 Å². The van der Waals surface area contributed by atoms with Crippen molar-refractivity contribution in [3.05, 3.63) is 202 Å². The van der Waals surface area contributed by atoms with E-state index in [-0.39, 0.29) is 17.8 Å². The zero-order valence-electron chi connectivity index (χ0n) is 38.2. The number of para-hydroxylation sites is 1. The first-order valence-electron chi connectivity index (χ1n) is 23.0. The van der Waals surface area contributed by atoms with Crippen LogP contribution >= 0.6 is 11.3 Å². The van der Waals surface area contributed by atoms with Crippen LogP contribution in [0, 0.1) is 6.92 Å². The number of hydrogen-bond acceptors (Lipinski definition) is 9. The Kier molecular flexibility index (Phi) is 17.3. The van der Waals surface area contributed by atoms with E-state index in [1.807, 2.05) is 66.7 Å². The molecule has 3 N–H and O–H groups in total. The molecule has 6 aromatic carbocycles. The van der Waals surface area contributed by atoms with Gasteiger partial charge in [0.2, 0.25) is 0 Å². The van der Waals surface area contributed by atoms with Gasteiger partial charge in [0.15, 0.2) is 5.78 Å². The minimum Gasteiger partial charge on any atom is -0.494 e. The van der Waals surface area contributed by atoms with Crippen LogP contribution in [0.2, 0.25) is 0 Å². The molecule has 10 nitrogen and oxygen atoms in total. The van der Waals surface area contributed by atoms with Crippen LogP contribution < -0.4 is 19.5 Å². The summed E-state index contributed by atoms with van der Waals surface area (Å²) in [5, 5.41) is 23.2. The first-order chi connectivity index (χ1) is 33.1. The van der Waals surface area contributed by atoms with Crippen molar-refractivity contribution in [1.29, 1.82) is 0 Å². The Hall–Kier alpha value is -7.50. The number of hydrogen-bond donors (Lipinski definition) is 3. The van der Waals surface area contributed by atoms with Gasteiger partial charge in [0, 0.05) is 40.1 Å². The molecule has 1 aromatic heterocycles. The van der Waals surface area contributed by atoms with Crippen LogP contribution in [0.25, 0.3) is 16.1 Å². The van der Waals surface area contributed by atoms with Crippen LogP contribution in [0.1, 0.15) is 92.1 Å². The van der Waals surface area contributed by atoms with E-state index in [9.17, 15) is 19.5 Å². The fourth-order valence-corrected chi connectivity index (χ4v) is 8.63. The smallest absolute Gasteiger partial charge is 0.335 e. The Balaban J connectivity index is 0.760. The summed E-state index contributed by atoms with van der Waals surface area (Å²) in [5.74, 6) is 0.223. The third-order valence-corrected chi connectivity index (χ3v) is 12.6. The van der Waals surface area contributed by atoms with Gasteiger partial charge >= 0.3 is 11.9 Å². The molecular weight excluding hydrogens is 873 g/mol. The monoisotopic (exact) mass is 928 g/mol. The lowest BCUT2D eigenvalue weighted by Crippen LogP contribution is -2.32. The molecule has 0 amide bonds. The quantitative estimate of drug-likeness (QED) is 0.0355. The zero-order chi connectivity index (χ0) is 47.7. The number of rotatable bonds is 26. The van der Waals surface area contributed by atoms with E-state index in [0.717, 1.165) is 93.4 Å². The van der Waals surface area contributed by atoms with Gasteiger partial charge < -0.3 is 29.7 Å². The lowest BCUT2D eigenvalue weighted by Gasteiger charge is -2.18. The van der Waals surface area contributed by atoms with Crippen molar-refractivity contribution in [1.82, 2.24) is 4.98 Å². The average Bonchev–Trinajstić information content (AvgIpc) is 3.74. The van der Waals surface area contributed by atoms with Crippen molar-refractivity contribution < 1.29 is 38.8 Å². The lowest BCUT2D eigenvalue weighted by atomic mass is 9.98. The van der Waals surface area contributed by atoms with Crippen LogP contribution in [0.5, 0.6) is 17.2 Å². The second kappa shape index (κ2) is 24.3. The van der Waals surface area contributed by atoms with Crippen LogP contribution in [-0.2, 0) is 17.6 Å². The molecule has 0 fully saturated rings. The van der Waals surface area contributed by atoms with Crippen molar-refractivity contribution in [3.63, 3.8) is 0 Å². The topological polar surface area (TPSA) is 144 Å². The fourth-order valence-electron chi connectivity index (χ4n) is 7.66. The number of unbranched alkanes of at least 4 members (excludes halogenated alkanes) is 5. The number of aryl methyl sites for hydroxylation is 1. The molecule has 0 radical (unpaired) electrons. The minimum absolute atomic E-state index is 0.176. The molecule has 68 heavy (non-hydrogen) atoms. The summed E-state index contributed by atoms with van der Waals surface area (Å²) >= 11 is 1.66. The summed E-state index contributed by atoms with van der Waals surface area (Å²) in [6.07, 6.45) is 7.38. The zero-order valence-corrected chi connectivity index (χ0v) is 39.0. The third-order valence-electron chi connectivity index (χ3n) is 11.6. The molecule has 0 aliphatic heterocycles. The molecule has 0 spiro atoms. The number of aliphatic carboxylic acids is 1. The molecule has 0 saturated carbocycles. The second-order valence-electron chi connectivity index (χ2n) is 16.5. The van der Waals surface area contributed by atoms with E-state index in [4.69, 9.17) is 24.3 Å². The van der Waals surface area contributed by atoms with Gasteiger partial charge in [0.25, 0.3) is 0 Å². The number of carbonyl (C=O) groups is 3. The number of carbonyl (C=O) groups excluding carboxylic acids is 1. The number of ketones is 1. The van der Waals surface area contributed by atoms with Crippen LogP contribution in [0.15, 0.2) is 158 Å². The van der Waals surface area contributed by atoms with Gasteiger partial charge in [-0.05, 0) is 115 Å². The number of nitrogens with one attached hydrogen (secondary N) is 1. The highest BCUT2D eigenvalue weighted by molar-refractivity contribution is 7.15. The summed E-state index contributed by atoms with van der Waals surface area (Å²) in [5.41, 5.74) is 7.22. The number of anilines is 1. The summed E-state index contributed by atoms with van der Waals surface area (Å²) in [6.45, 7) is 8.04. The molecule has 0 unspecified atom stereocenters. The molecular formula is C57H56N2O8S. The Labute approximate surface area is 401 Å². The molecule has 7 rings (SSSR count). The summed E-state index contributed by atoms with van der Waals surface area (Å²) in [6, 6.07) is 45.1. The number of ether oxygens (including phenoxy) is 3. The largest absolute Gasteiger partial charge is 0.494 e. The first kappa shape index (κ1) is 48.4.